The minimum atomic E-state index is -1.35. The van der Waals surface area contributed by atoms with Crippen LogP contribution in [0.1, 0.15) is 16.7 Å². The van der Waals surface area contributed by atoms with Gasteiger partial charge >= 0.3 is 0 Å². The van der Waals surface area contributed by atoms with Crippen molar-refractivity contribution in [3.05, 3.63) is 78.2 Å². The second kappa shape index (κ2) is 6.91. The van der Waals surface area contributed by atoms with E-state index in [2.05, 4.69) is 80.7 Å². The van der Waals surface area contributed by atoms with Gasteiger partial charge in [-0.2, -0.15) is 0 Å². The summed E-state index contributed by atoms with van der Waals surface area (Å²) < 4.78 is 0. The molecule has 0 unspecified atom stereocenters. The normalized spacial score (nSPS) is 11.9. The Labute approximate surface area is 118 Å². The summed E-state index contributed by atoms with van der Waals surface area (Å²) >= 11 is 0. The van der Waals surface area contributed by atoms with Crippen molar-refractivity contribution in [2.45, 2.75) is 13.1 Å². The molecule has 1 aromatic rings. The summed E-state index contributed by atoms with van der Waals surface area (Å²) in [6.07, 6.45) is 10.0. The van der Waals surface area contributed by atoms with Crippen LogP contribution in [0, 0.1) is 0 Å². The molecule has 0 aliphatic carbocycles. The molecular formula is C18H22Si. The summed E-state index contributed by atoms with van der Waals surface area (Å²) in [4.78, 5) is 0. The summed E-state index contributed by atoms with van der Waals surface area (Å²) in [5.41, 5.74) is 7.73. The molecule has 0 aliphatic heterocycles. The standard InChI is InChI=1S/C18H22Si/c1-6-16-13-17(7-2)15-18(14-16)11-9-10-12-19(4,5)8-3/h6-15H,1-3H2,4-5H3/b11-9+,12-10+. The van der Waals surface area contributed by atoms with Crippen molar-refractivity contribution >= 4 is 26.3 Å². The summed E-state index contributed by atoms with van der Waals surface area (Å²) in [6, 6.07) is 6.29. The van der Waals surface area contributed by atoms with E-state index >= 15 is 0 Å². The van der Waals surface area contributed by atoms with Crippen LogP contribution in [-0.4, -0.2) is 8.07 Å². The van der Waals surface area contributed by atoms with Gasteiger partial charge in [-0.05, 0) is 34.9 Å². The first-order valence-corrected chi connectivity index (χ1v) is 9.55. The zero-order valence-electron chi connectivity index (χ0n) is 11.9. The molecule has 1 rings (SSSR count). The van der Waals surface area contributed by atoms with Crippen molar-refractivity contribution in [3.63, 3.8) is 0 Å². The molecule has 0 nitrogen and oxygen atoms in total. The van der Waals surface area contributed by atoms with E-state index < -0.39 is 8.07 Å². The average Bonchev–Trinajstić information content (AvgIpc) is 2.43. The Morgan fingerprint density at radius 2 is 1.37 bits per heavy atom. The molecule has 0 aliphatic rings. The van der Waals surface area contributed by atoms with Gasteiger partial charge in [0.1, 0.15) is 0 Å². The Hall–Kier alpha value is -1.86. The number of benzene rings is 1. The maximum absolute atomic E-state index is 3.88. The maximum Gasteiger partial charge on any atom is 0.0948 e. The molecule has 19 heavy (non-hydrogen) atoms. The van der Waals surface area contributed by atoms with Crippen LogP contribution in [0.5, 0.6) is 0 Å². The van der Waals surface area contributed by atoms with E-state index in [1.165, 1.54) is 0 Å². The maximum atomic E-state index is 3.88. The third kappa shape index (κ3) is 5.10. The fourth-order valence-corrected chi connectivity index (χ4v) is 2.32. The minimum Gasteiger partial charge on any atom is -0.107 e. The van der Waals surface area contributed by atoms with Crippen LogP contribution in [0.25, 0.3) is 18.2 Å². The smallest absolute Gasteiger partial charge is 0.0948 e. The van der Waals surface area contributed by atoms with Crippen LogP contribution in [-0.2, 0) is 0 Å². The predicted octanol–water partition coefficient (Wildman–Crippen LogP) is 5.51. The highest BCUT2D eigenvalue weighted by Gasteiger charge is 2.08. The SMILES string of the molecule is C=Cc1cc(C=C)cc(/C=C/C=C/[Si](C)(C)C=C)c1. The van der Waals surface area contributed by atoms with E-state index in [9.17, 15) is 0 Å². The van der Waals surface area contributed by atoms with Gasteiger partial charge in [-0.25, -0.2) is 0 Å². The molecule has 0 aromatic heterocycles. The fourth-order valence-electron chi connectivity index (χ4n) is 1.57. The van der Waals surface area contributed by atoms with Crippen molar-refractivity contribution in [2.75, 3.05) is 0 Å². The van der Waals surface area contributed by atoms with Crippen molar-refractivity contribution in [1.29, 1.82) is 0 Å². The molecule has 98 valence electrons. The van der Waals surface area contributed by atoms with Crippen molar-refractivity contribution in [1.82, 2.24) is 0 Å². The van der Waals surface area contributed by atoms with Crippen LogP contribution in [0.2, 0.25) is 13.1 Å². The molecule has 0 atom stereocenters. The summed E-state index contributed by atoms with van der Waals surface area (Å²) in [7, 11) is -1.35. The van der Waals surface area contributed by atoms with Gasteiger partial charge < -0.3 is 0 Å². The molecule has 1 heteroatoms. The second-order valence-electron chi connectivity index (χ2n) is 5.08. The predicted molar refractivity (Wildman–Crippen MR) is 92.5 cm³/mol. The van der Waals surface area contributed by atoms with E-state index in [1.54, 1.807) is 0 Å². The number of hydrogen-bond acceptors (Lipinski definition) is 0. The Bertz CT molecular complexity index is 504. The van der Waals surface area contributed by atoms with Gasteiger partial charge in [0.25, 0.3) is 0 Å². The molecule has 0 bridgehead atoms. The monoisotopic (exact) mass is 266 g/mol. The molecule has 0 fully saturated rings. The third-order valence-corrected chi connectivity index (χ3v) is 5.03. The van der Waals surface area contributed by atoms with Crippen LogP contribution >= 0.6 is 0 Å². The van der Waals surface area contributed by atoms with Crippen LogP contribution in [0.3, 0.4) is 0 Å². The van der Waals surface area contributed by atoms with Gasteiger partial charge in [0.05, 0.1) is 8.07 Å². The van der Waals surface area contributed by atoms with E-state index in [1.807, 2.05) is 12.2 Å². The summed E-state index contributed by atoms with van der Waals surface area (Å²) in [6.45, 7) is 16.0. The zero-order chi connectivity index (χ0) is 14.3. The van der Waals surface area contributed by atoms with Gasteiger partial charge in [-0.1, -0.05) is 68.0 Å². The Morgan fingerprint density at radius 3 is 1.84 bits per heavy atom. The van der Waals surface area contributed by atoms with Crippen molar-refractivity contribution in [3.8, 4) is 0 Å². The van der Waals surface area contributed by atoms with E-state index in [0.717, 1.165) is 16.7 Å². The lowest BCUT2D eigenvalue weighted by Crippen LogP contribution is -2.17. The molecule has 0 amide bonds. The lowest BCUT2D eigenvalue weighted by atomic mass is 10.1. The lowest BCUT2D eigenvalue weighted by molar-refractivity contribution is 1.59. The molecule has 0 N–H and O–H groups in total. The molecule has 0 heterocycles. The first-order valence-electron chi connectivity index (χ1n) is 6.40. The second-order valence-corrected chi connectivity index (χ2v) is 9.47. The number of allylic oxidation sites excluding steroid dienone is 2. The third-order valence-electron chi connectivity index (χ3n) is 2.92. The van der Waals surface area contributed by atoms with Crippen molar-refractivity contribution in [2.24, 2.45) is 0 Å². The highest BCUT2D eigenvalue weighted by atomic mass is 28.3. The zero-order valence-corrected chi connectivity index (χ0v) is 12.9. The van der Waals surface area contributed by atoms with Crippen molar-refractivity contribution < 1.29 is 0 Å². The van der Waals surface area contributed by atoms with Gasteiger partial charge in [0.2, 0.25) is 0 Å². The summed E-state index contributed by atoms with van der Waals surface area (Å²) in [5, 5.41) is 0. The fraction of sp³-hybridized carbons (Fsp3) is 0.111. The average molecular weight is 266 g/mol. The van der Waals surface area contributed by atoms with Gasteiger partial charge in [-0.15, -0.1) is 6.58 Å². The first kappa shape index (κ1) is 15.2. The van der Waals surface area contributed by atoms with E-state index in [4.69, 9.17) is 0 Å². The summed E-state index contributed by atoms with van der Waals surface area (Å²) in [5.74, 6) is 0. The Morgan fingerprint density at radius 1 is 0.842 bits per heavy atom. The van der Waals surface area contributed by atoms with Gasteiger partial charge in [0.15, 0.2) is 0 Å². The molecular weight excluding hydrogens is 244 g/mol. The number of rotatable bonds is 6. The van der Waals surface area contributed by atoms with E-state index in [-0.39, 0.29) is 0 Å². The minimum absolute atomic E-state index is 1.11. The van der Waals surface area contributed by atoms with Gasteiger partial charge in [0, 0.05) is 0 Å². The largest absolute Gasteiger partial charge is 0.107 e. The molecule has 0 saturated heterocycles. The molecule has 0 spiro atoms. The lowest BCUT2D eigenvalue weighted by Gasteiger charge is -2.08. The number of hydrogen-bond donors (Lipinski definition) is 0. The molecule has 1 aromatic carbocycles. The highest BCUT2D eigenvalue weighted by Crippen LogP contribution is 2.14. The topological polar surface area (TPSA) is 0 Å². The van der Waals surface area contributed by atoms with Crippen LogP contribution in [0.4, 0.5) is 0 Å². The Balaban J connectivity index is 2.90. The molecule has 0 saturated carbocycles. The van der Waals surface area contributed by atoms with Crippen LogP contribution < -0.4 is 0 Å². The highest BCUT2D eigenvalue weighted by molar-refractivity contribution is 6.86. The Kier molecular flexibility index (Phi) is 5.52. The molecule has 0 radical (unpaired) electrons. The van der Waals surface area contributed by atoms with Gasteiger partial charge in [-0.3, -0.25) is 0 Å². The first-order chi connectivity index (χ1) is 9.00. The quantitative estimate of drug-likeness (QED) is 0.470. The van der Waals surface area contributed by atoms with E-state index in [0.29, 0.717) is 0 Å². The van der Waals surface area contributed by atoms with Crippen LogP contribution in [0.15, 0.2) is 61.5 Å².